The Balaban J connectivity index is 2.06. The van der Waals surface area contributed by atoms with Crippen molar-refractivity contribution >= 4 is 41.0 Å². The van der Waals surface area contributed by atoms with E-state index in [4.69, 9.17) is 22.2 Å². The average Bonchev–Trinajstić information content (AvgIpc) is 2.79. The minimum Gasteiger partial charge on any atom is -0.462 e. The van der Waals surface area contributed by atoms with E-state index >= 15 is 0 Å². The monoisotopic (exact) mass is 508 g/mol. The fourth-order valence-electron chi connectivity index (χ4n) is 3.71. The third-order valence-electron chi connectivity index (χ3n) is 5.74. The Morgan fingerprint density at radius 3 is 2.49 bits per heavy atom. The lowest BCUT2D eigenvalue weighted by atomic mass is 9.76. The van der Waals surface area contributed by atoms with E-state index in [-0.39, 0.29) is 28.7 Å². The summed E-state index contributed by atoms with van der Waals surface area (Å²) in [6.45, 7) is 1.63. The molecule has 35 heavy (non-hydrogen) atoms. The van der Waals surface area contributed by atoms with Gasteiger partial charge in [-0.3, -0.25) is 0 Å². The fraction of sp³-hybridized carbons (Fsp3) is 0.348. The Bertz CT molecular complexity index is 1210. The van der Waals surface area contributed by atoms with E-state index in [1.54, 1.807) is 6.92 Å². The summed E-state index contributed by atoms with van der Waals surface area (Å²) in [5, 5.41) is 8.89. The summed E-state index contributed by atoms with van der Waals surface area (Å²) >= 11 is 5.55. The topological polar surface area (TPSA) is 86.5 Å². The Hall–Kier alpha value is -3.59. The summed E-state index contributed by atoms with van der Waals surface area (Å²) < 4.78 is 59.9. The van der Waals surface area contributed by atoms with E-state index in [9.17, 15) is 27.2 Å². The maximum atomic E-state index is 14.8. The number of hydrogen-bond donors (Lipinski definition) is 0. The van der Waals surface area contributed by atoms with Crippen molar-refractivity contribution in [2.45, 2.75) is 37.9 Å². The normalized spacial score (nSPS) is 14.3. The van der Waals surface area contributed by atoms with Gasteiger partial charge in [0.15, 0.2) is 10.8 Å². The maximum absolute atomic E-state index is 14.8. The van der Waals surface area contributed by atoms with Gasteiger partial charge in [-0.1, -0.05) is 0 Å². The lowest BCUT2D eigenvalue weighted by Gasteiger charge is -2.48. The van der Waals surface area contributed by atoms with Gasteiger partial charge in [0, 0.05) is 12.7 Å². The molecule has 12 heteroatoms. The van der Waals surface area contributed by atoms with Crippen molar-refractivity contribution in [3.8, 4) is 6.07 Å². The van der Waals surface area contributed by atoms with Gasteiger partial charge in [0.05, 0.1) is 29.6 Å². The number of halogens is 4. The highest BCUT2D eigenvalue weighted by atomic mass is 32.1. The molecule has 0 radical (unpaired) electrons. The number of anilines is 2. The third-order valence-corrected chi connectivity index (χ3v) is 6.20. The molecule has 2 aromatic rings. The summed E-state index contributed by atoms with van der Waals surface area (Å²) in [4.78, 5) is 30.2. The Morgan fingerprint density at radius 1 is 1.31 bits per heavy atom. The van der Waals surface area contributed by atoms with Crippen LogP contribution in [0.5, 0.6) is 0 Å². The number of rotatable bonds is 6. The maximum Gasteiger partial charge on any atom is 0.419 e. The van der Waals surface area contributed by atoms with Crippen LogP contribution < -0.4 is 9.80 Å². The number of nitriles is 1. The summed E-state index contributed by atoms with van der Waals surface area (Å²) in [6, 6.07) is 5.74. The summed E-state index contributed by atoms with van der Waals surface area (Å²) in [7, 11) is 1.37. The smallest absolute Gasteiger partial charge is 0.419 e. The molecule has 7 nitrogen and oxygen atoms in total. The number of carbonyl (C=O) groups is 2. The van der Waals surface area contributed by atoms with Gasteiger partial charge in [0.25, 0.3) is 0 Å². The van der Waals surface area contributed by atoms with Crippen LogP contribution in [-0.4, -0.2) is 41.5 Å². The average molecular weight is 508 g/mol. The molecule has 1 saturated carbocycles. The molecule has 1 fully saturated rings. The molecule has 1 aliphatic rings. The number of nitrogens with zero attached hydrogens (tertiary/aromatic N) is 4. The molecule has 0 aliphatic heterocycles. The van der Waals surface area contributed by atoms with Crippen molar-refractivity contribution in [3.05, 3.63) is 53.1 Å². The molecule has 0 N–H and O–H groups in total. The molecule has 0 saturated heterocycles. The van der Waals surface area contributed by atoms with Crippen LogP contribution in [0.2, 0.25) is 0 Å². The van der Waals surface area contributed by atoms with Gasteiger partial charge in [0.1, 0.15) is 23.7 Å². The number of ether oxygens (including phenoxy) is 1. The first-order chi connectivity index (χ1) is 16.5. The first-order valence-electron chi connectivity index (χ1n) is 10.5. The zero-order chi connectivity index (χ0) is 26.0. The molecule has 1 aromatic heterocycles. The Labute approximate surface area is 203 Å². The molecule has 0 unspecified atom stereocenters. The molecular weight excluding hydrogens is 488 g/mol. The molecule has 0 amide bonds. The standard InChI is InChI=1S/C23H20F4N4O3S/c1-3-34-20(33)16-6-5-14(10-18(16)24)31(22(13-32)7-4-8-22)21(35)30(2)15-9-17(23(25,26)27)19(11-28)29-12-15/h5-6,9-10,12-13H,3-4,7-8H2,1-2H3. The highest BCUT2D eigenvalue weighted by Crippen LogP contribution is 2.41. The van der Waals surface area contributed by atoms with Crippen LogP contribution in [-0.2, 0) is 15.7 Å². The van der Waals surface area contributed by atoms with E-state index in [1.807, 2.05) is 0 Å². The van der Waals surface area contributed by atoms with Crippen LogP contribution in [0.25, 0.3) is 0 Å². The van der Waals surface area contributed by atoms with Crippen LogP contribution in [0.15, 0.2) is 30.5 Å². The van der Waals surface area contributed by atoms with E-state index in [0.29, 0.717) is 25.5 Å². The quantitative estimate of drug-likeness (QED) is 0.242. The minimum atomic E-state index is -4.83. The van der Waals surface area contributed by atoms with Crippen molar-refractivity contribution in [2.24, 2.45) is 0 Å². The lowest BCUT2D eigenvalue weighted by Crippen LogP contribution is -2.60. The van der Waals surface area contributed by atoms with Gasteiger partial charge in [-0.05, 0) is 62.7 Å². The molecule has 1 aromatic carbocycles. The predicted molar refractivity (Wildman–Crippen MR) is 122 cm³/mol. The van der Waals surface area contributed by atoms with Crippen molar-refractivity contribution in [1.29, 1.82) is 5.26 Å². The van der Waals surface area contributed by atoms with Crippen LogP contribution >= 0.6 is 12.2 Å². The number of pyridine rings is 1. The van der Waals surface area contributed by atoms with Gasteiger partial charge in [-0.25, -0.2) is 14.2 Å². The second-order valence-corrected chi connectivity index (χ2v) is 8.20. The largest absolute Gasteiger partial charge is 0.462 e. The summed E-state index contributed by atoms with van der Waals surface area (Å²) in [5.74, 6) is -1.77. The van der Waals surface area contributed by atoms with Gasteiger partial charge in [-0.15, -0.1) is 0 Å². The van der Waals surface area contributed by atoms with Crippen molar-refractivity contribution in [2.75, 3.05) is 23.5 Å². The Morgan fingerprint density at radius 2 is 2.00 bits per heavy atom. The van der Waals surface area contributed by atoms with E-state index in [2.05, 4.69) is 4.98 Å². The fourth-order valence-corrected chi connectivity index (χ4v) is 4.10. The van der Waals surface area contributed by atoms with E-state index in [0.717, 1.165) is 18.3 Å². The van der Waals surface area contributed by atoms with Gasteiger partial charge in [0.2, 0.25) is 0 Å². The van der Waals surface area contributed by atoms with Gasteiger partial charge in [-0.2, -0.15) is 18.4 Å². The number of hydrogen-bond acceptors (Lipinski definition) is 6. The molecule has 0 atom stereocenters. The van der Waals surface area contributed by atoms with Gasteiger partial charge < -0.3 is 19.3 Å². The number of esters is 1. The van der Waals surface area contributed by atoms with Crippen LogP contribution in [0.1, 0.15) is 47.8 Å². The first-order valence-corrected chi connectivity index (χ1v) is 10.9. The highest BCUT2D eigenvalue weighted by molar-refractivity contribution is 7.80. The second kappa shape index (κ2) is 9.95. The SMILES string of the molecule is CCOC(=O)c1ccc(N(C(=S)N(C)c2cnc(C#N)c(C(F)(F)F)c2)C2(C=O)CCC2)cc1F. The number of alkyl halides is 3. The highest BCUT2D eigenvalue weighted by Gasteiger charge is 2.46. The van der Waals surface area contributed by atoms with Crippen molar-refractivity contribution in [3.63, 3.8) is 0 Å². The summed E-state index contributed by atoms with van der Waals surface area (Å²) in [5.41, 5.74) is -3.44. The molecule has 184 valence electrons. The second-order valence-electron chi connectivity index (χ2n) is 7.84. The summed E-state index contributed by atoms with van der Waals surface area (Å²) in [6.07, 6.45) is -1.67. The van der Waals surface area contributed by atoms with E-state index in [1.165, 1.54) is 35.0 Å². The number of carbonyl (C=O) groups excluding carboxylic acids is 2. The molecule has 0 bridgehead atoms. The zero-order valence-corrected chi connectivity index (χ0v) is 19.5. The lowest BCUT2D eigenvalue weighted by molar-refractivity contribution is -0.138. The van der Waals surface area contributed by atoms with Crippen molar-refractivity contribution < 1.29 is 31.9 Å². The zero-order valence-electron chi connectivity index (χ0n) is 18.7. The third kappa shape index (κ3) is 4.95. The van der Waals surface area contributed by atoms with Gasteiger partial charge >= 0.3 is 12.1 Å². The molecule has 1 aliphatic carbocycles. The Kier molecular flexibility index (Phi) is 7.40. The first kappa shape index (κ1) is 26.0. The number of thiocarbonyl (C=S) groups is 1. The van der Waals surface area contributed by atoms with Crippen molar-refractivity contribution in [1.82, 2.24) is 4.98 Å². The van der Waals surface area contributed by atoms with E-state index < -0.39 is 34.8 Å². The van der Waals surface area contributed by atoms with Crippen LogP contribution in [0.4, 0.5) is 28.9 Å². The number of benzene rings is 1. The minimum absolute atomic E-state index is 0.0494. The molecule has 3 rings (SSSR count). The molecule has 0 spiro atoms. The molecular formula is C23H20F4N4O3S. The predicted octanol–water partition coefficient (Wildman–Crippen LogP) is 4.64. The number of aromatic nitrogens is 1. The van der Waals surface area contributed by atoms with Crippen LogP contribution in [0, 0.1) is 17.1 Å². The molecule has 1 heterocycles. The van der Waals surface area contributed by atoms with Crippen LogP contribution in [0.3, 0.4) is 0 Å². The number of aldehydes is 1.